The molecule has 0 aromatic heterocycles. The van der Waals surface area contributed by atoms with Gasteiger partial charge in [-0.3, -0.25) is 4.79 Å². The van der Waals surface area contributed by atoms with E-state index in [1.54, 1.807) is 32.4 Å². The predicted molar refractivity (Wildman–Crippen MR) is 101 cm³/mol. The van der Waals surface area contributed by atoms with Crippen LogP contribution in [0.5, 0.6) is 11.5 Å². The highest BCUT2D eigenvalue weighted by Gasteiger charge is 2.14. The van der Waals surface area contributed by atoms with Crippen LogP contribution in [-0.4, -0.2) is 20.1 Å². The van der Waals surface area contributed by atoms with E-state index in [9.17, 15) is 4.79 Å². The van der Waals surface area contributed by atoms with Crippen molar-refractivity contribution in [3.63, 3.8) is 0 Å². The summed E-state index contributed by atoms with van der Waals surface area (Å²) >= 11 is 5.85. The Bertz CT molecular complexity index is 741. The van der Waals surface area contributed by atoms with E-state index >= 15 is 0 Å². The van der Waals surface area contributed by atoms with Crippen LogP contribution in [0.4, 0.5) is 0 Å². The number of amides is 1. The maximum absolute atomic E-state index is 12.2. The van der Waals surface area contributed by atoms with Crippen molar-refractivity contribution in [1.29, 1.82) is 0 Å². The summed E-state index contributed by atoms with van der Waals surface area (Å²) in [6.45, 7) is 2.02. The molecule has 2 rings (SSSR count). The van der Waals surface area contributed by atoms with Crippen LogP contribution in [0.2, 0.25) is 5.02 Å². The monoisotopic (exact) mass is 359 g/mol. The van der Waals surface area contributed by atoms with E-state index in [2.05, 4.69) is 5.32 Å². The SMILES string of the molecule is CC[C@H](NC(=O)/C=C/c1ccc(Cl)cc1)c1ccc(OC)c(OC)c1. The molecule has 0 spiro atoms. The average Bonchev–Trinajstić information content (AvgIpc) is 2.65. The van der Waals surface area contributed by atoms with Crippen molar-refractivity contribution in [2.45, 2.75) is 19.4 Å². The molecule has 0 aliphatic rings. The van der Waals surface area contributed by atoms with Gasteiger partial charge in [0.1, 0.15) is 0 Å². The molecule has 0 radical (unpaired) electrons. The van der Waals surface area contributed by atoms with Gasteiger partial charge >= 0.3 is 0 Å². The van der Waals surface area contributed by atoms with Crippen molar-refractivity contribution in [3.8, 4) is 11.5 Å². The van der Waals surface area contributed by atoms with Crippen molar-refractivity contribution in [3.05, 3.63) is 64.7 Å². The number of benzene rings is 2. The normalized spacial score (nSPS) is 12.0. The summed E-state index contributed by atoms with van der Waals surface area (Å²) in [5, 5.41) is 3.67. The van der Waals surface area contributed by atoms with E-state index in [-0.39, 0.29) is 11.9 Å². The van der Waals surface area contributed by atoms with Crippen molar-refractivity contribution < 1.29 is 14.3 Å². The fourth-order valence-corrected chi connectivity index (χ4v) is 2.58. The standard InChI is InChI=1S/C20H22ClNO3/c1-4-17(15-8-11-18(24-2)19(13-15)25-3)22-20(23)12-7-14-5-9-16(21)10-6-14/h5-13,17H,4H2,1-3H3,(H,22,23)/b12-7+/t17-/m0/s1. The third kappa shape index (κ3) is 5.26. The minimum atomic E-state index is -0.156. The first-order chi connectivity index (χ1) is 12.1. The minimum Gasteiger partial charge on any atom is -0.493 e. The molecule has 0 heterocycles. The van der Waals surface area contributed by atoms with E-state index in [1.807, 2.05) is 37.3 Å². The summed E-state index contributed by atoms with van der Waals surface area (Å²) in [4.78, 5) is 12.2. The average molecular weight is 360 g/mol. The van der Waals surface area contributed by atoms with Crippen LogP contribution in [-0.2, 0) is 4.79 Å². The van der Waals surface area contributed by atoms with Crippen LogP contribution >= 0.6 is 11.6 Å². The smallest absolute Gasteiger partial charge is 0.244 e. The zero-order valence-corrected chi connectivity index (χ0v) is 15.3. The van der Waals surface area contributed by atoms with E-state index in [4.69, 9.17) is 21.1 Å². The molecule has 0 bridgehead atoms. The lowest BCUT2D eigenvalue weighted by atomic mass is 10.0. The fourth-order valence-electron chi connectivity index (χ4n) is 2.46. The van der Waals surface area contributed by atoms with Crippen LogP contribution in [0.3, 0.4) is 0 Å². The van der Waals surface area contributed by atoms with Gasteiger partial charge in [0.05, 0.1) is 20.3 Å². The fraction of sp³-hybridized carbons (Fsp3) is 0.250. The summed E-state index contributed by atoms with van der Waals surface area (Å²) in [7, 11) is 3.19. The second-order valence-corrected chi connectivity index (χ2v) is 5.91. The van der Waals surface area contributed by atoms with Crippen molar-refractivity contribution >= 4 is 23.6 Å². The molecule has 0 fully saturated rings. The molecular formula is C20H22ClNO3. The lowest BCUT2D eigenvalue weighted by Gasteiger charge is -2.18. The van der Waals surface area contributed by atoms with Crippen LogP contribution in [0, 0.1) is 0 Å². The minimum absolute atomic E-state index is 0.109. The molecule has 2 aromatic rings. The maximum atomic E-state index is 12.2. The number of methoxy groups -OCH3 is 2. The number of carbonyl (C=O) groups excluding carboxylic acids is 1. The number of nitrogens with one attached hydrogen (secondary N) is 1. The molecule has 132 valence electrons. The highest BCUT2D eigenvalue weighted by molar-refractivity contribution is 6.30. The number of hydrogen-bond donors (Lipinski definition) is 1. The Morgan fingerprint density at radius 1 is 1.12 bits per heavy atom. The van der Waals surface area contributed by atoms with Gasteiger partial charge in [-0.2, -0.15) is 0 Å². The molecule has 1 atom stereocenters. The zero-order chi connectivity index (χ0) is 18.2. The van der Waals surface area contributed by atoms with Gasteiger partial charge in [0.15, 0.2) is 11.5 Å². The quantitative estimate of drug-likeness (QED) is 0.733. The molecule has 1 N–H and O–H groups in total. The number of rotatable bonds is 7. The predicted octanol–water partition coefficient (Wildman–Crippen LogP) is 4.64. The van der Waals surface area contributed by atoms with Gasteiger partial charge < -0.3 is 14.8 Å². The molecule has 1 amide bonds. The zero-order valence-electron chi connectivity index (χ0n) is 14.6. The third-order valence-electron chi connectivity index (χ3n) is 3.83. The van der Waals surface area contributed by atoms with Crippen LogP contribution < -0.4 is 14.8 Å². The molecule has 0 saturated heterocycles. The lowest BCUT2D eigenvalue weighted by molar-refractivity contribution is -0.117. The van der Waals surface area contributed by atoms with Gasteiger partial charge in [-0.1, -0.05) is 36.7 Å². The van der Waals surface area contributed by atoms with Crippen LogP contribution in [0.15, 0.2) is 48.5 Å². The molecule has 0 aliphatic heterocycles. The van der Waals surface area contributed by atoms with E-state index in [0.717, 1.165) is 17.5 Å². The second-order valence-electron chi connectivity index (χ2n) is 5.47. The van der Waals surface area contributed by atoms with Crippen molar-refractivity contribution in [2.24, 2.45) is 0 Å². The van der Waals surface area contributed by atoms with Gasteiger partial charge in [-0.15, -0.1) is 0 Å². The van der Waals surface area contributed by atoms with Gasteiger partial charge in [-0.05, 0) is 47.9 Å². The summed E-state index contributed by atoms with van der Waals surface area (Å²) in [6.07, 6.45) is 4.04. The Morgan fingerprint density at radius 2 is 1.80 bits per heavy atom. The summed E-state index contributed by atoms with van der Waals surface area (Å²) in [5.74, 6) is 1.15. The Labute approximate surface area is 153 Å². The number of carbonyl (C=O) groups is 1. The van der Waals surface area contributed by atoms with Gasteiger partial charge in [-0.25, -0.2) is 0 Å². The van der Waals surface area contributed by atoms with E-state index in [1.165, 1.54) is 6.08 Å². The molecule has 2 aromatic carbocycles. The summed E-state index contributed by atoms with van der Waals surface area (Å²) in [5.41, 5.74) is 1.88. The first-order valence-corrected chi connectivity index (χ1v) is 8.41. The highest BCUT2D eigenvalue weighted by atomic mass is 35.5. The molecule has 0 aliphatic carbocycles. The van der Waals surface area contributed by atoms with E-state index < -0.39 is 0 Å². The Kier molecular flexibility index (Phi) is 6.90. The number of hydrogen-bond acceptors (Lipinski definition) is 3. The number of halogens is 1. The summed E-state index contributed by atoms with van der Waals surface area (Å²) in [6, 6.07) is 12.8. The highest BCUT2D eigenvalue weighted by Crippen LogP contribution is 2.30. The second kappa shape index (κ2) is 9.14. The van der Waals surface area contributed by atoms with Gasteiger partial charge in [0.2, 0.25) is 5.91 Å². The van der Waals surface area contributed by atoms with Gasteiger partial charge in [0.25, 0.3) is 0 Å². The molecule has 0 saturated carbocycles. The Balaban J connectivity index is 2.08. The number of ether oxygens (including phenoxy) is 2. The van der Waals surface area contributed by atoms with Gasteiger partial charge in [0, 0.05) is 11.1 Å². The Hall–Kier alpha value is -2.46. The Morgan fingerprint density at radius 3 is 2.40 bits per heavy atom. The molecule has 0 unspecified atom stereocenters. The first kappa shape index (κ1) is 18.9. The summed E-state index contributed by atoms with van der Waals surface area (Å²) < 4.78 is 10.6. The molecule has 4 nitrogen and oxygen atoms in total. The first-order valence-electron chi connectivity index (χ1n) is 8.03. The van der Waals surface area contributed by atoms with Crippen molar-refractivity contribution in [2.75, 3.05) is 14.2 Å². The lowest BCUT2D eigenvalue weighted by Crippen LogP contribution is -2.26. The third-order valence-corrected chi connectivity index (χ3v) is 4.08. The van der Waals surface area contributed by atoms with Crippen LogP contribution in [0.25, 0.3) is 6.08 Å². The van der Waals surface area contributed by atoms with Crippen LogP contribution in [0.1, 0.15) is 30.5 Å². The largest absolute Gasteiger partial charge is 0.493 e. The van der Waals surface area contributed by atoms with Crippen molar-refractivity contribution in [1.82, 2.24) is 5.32 Å². The topological polar surface area (TPSA) is 47.6 Å². The molecule has 5 heteroatoms. The maximum Gasteiger partial charge on any atom is 0.244 e. The molecular weight excluding hydrogens is 338 g/mol. The molecule has 25 heavy (non-hydrogen) atoms. The van der Waals surface area contributed by atoms with E-state index in [0.29, 0.717) is 16.5 Å².